The van der Waals surface area contributed by atoms with E-state index in [0.717, 1.165) is 13.6 Å². The molecule has 0 radical (unpaired) electrons. The molecule has 0 aliphatic heterocycles. The van der Waals surface area contributed by atoms with Crippen LogP contribution in [0.25, 0.3) is 0 Å². The molecule has 0 spiro atoms. The van der Waals surface area contributed by atoms with Crippen molar-refractivity contribution in [2.45, 2.75) is 0 Å². The zero-order chi connectivity index (χ0) is 11.4. The highest BCUT2D eigenvalue weighted by atomic mass is 127. The van der Waals surface area contributed by atoms with Crippen molar-refractivity contribution in [2.24, 2.45) is 21.7 Å². The molecule has 0 atom stereocenters. The fraction of sp³-hybridized carbons (Fsp3) is 0. The third kappa shape index (κ3) is 3.96. The van der Waals surface area contributed by atoms with Crippen molar-refractivity contribution in [3.8, 4) is 0 Å². The van der Waals surface area contributed by atoms with Crippen LogP contribution in [0.15, 0.2) is 26.8 Å². The summed E-state index contributed by atoms with van der Waals surface area (Å²) in [5.41, 5.74) is 11.1. The van der Waals surface area contributed by atoms with Gasteiger partial charge < -0.3 is 11.5 Å². The first-order valence-corrected chi connectivity index (χ1v) is 6.02. The molecule has 0 heterocycles. The van der Waals surface area contributed by atoms with E-state index in [1.54, 1.807) is 6.07 Å². The second-order valence-electron chi connectivity index (χ2n) is 2.56. The fourth-order valence-corrected chi connectivity index (χ4v) is 2.22. The van der Waals surface area contributed by atoms with Gasteiger partial charge in [-0.05, 0) is 50.7 Å². The van der Waals surface area contributed by atoms with E-state index in [4.69, 9.17) is 23.1 Å². The van der Waals surface area contributed by atoms with Crippen LogP contribution in [0.3, 0.4) is 0 Å². The lowest BCUT2D eigenvalue weighted by atomic mass is 10.2. The number of nitrogens with zero attached hydrogens (tertiary/aromatic N) is 2. The zero-order valence-electron chi connectivity index (χ0n) is 7.42. The van der Waals surface area contributed by atoms with Crippen LogP contribution in [0.2, 0.25) is 5.02 Å². The Morgan fingerprint density at radius 2 is 2.13 bits per heavy atom. The van der Waals surface area contributed by atoms with E-state index >= 15 is 0 Å². The number of halogens is 3. The Hall–Kier alpha value is -0.340. The molecule has 0 bridgehead atoms. The van der Waals surface area contributed by atoms with Crippen LogP contribution < -0.4 is 11.5 Å². The zero-order valence-corrected chi connectivity index (χ0v) is 11.9. The molecule has 1 aromatic carbocycles. The van der Waals surface area contributed by atoms with Crippen LogP contribution >= 0.6 is 50.1 Å². The summed E-state index contributed by atoms with van der Waals surface area (Å²) in [6.45, 7) is 0. The number of hydrogen-bond acceptors (Lipinski definition) is 2. The maximum Gasteiger partial charge on any atom is 0.211 e. The Labute approximate surface area is 114 Å². The minimum Gasteiger partial charge on any atom is -0.369 e. The van der Waals surface area contributed by atoms with Gasteiger partial charge in [0.05, 0.1) is 6.21 Å². The third-order valence-corrected chi connectivity index (χ3v) is 4.09. The molecule has 4 nitrogen and oxygen atoms in total. The summed E-state index contributed by atoms with van der Waals surface area (Å²) in [5.74, 6) is -0.0842. The Bertz CT molecular complexity index is 429. The average Bonchev–Trinajstić information content (AvgIpc) is 2.12. The van der Waals surface area contributed by atoms with Crippen molar-refractivity contribution < 1.29 is 0 Å². The van der Waals surface area contributed by atoms with Crippen molar-refractivity contribution in [2.75, 3.05) is 0 Å². The third-order valence-electron chi connectivity index (χ3n) is 1.39. The highest BCUT2D eigenvalue weighted by Crippen LogP contribution is 2.26. The number of benzene rings is 1. The predicted molar refractivity (Wildman–Crippen MR) is 75.3 cm³/mol. The van der Waals surface area contributed by atoms with Crippen molar-refractivity contribution >= 4 is 62.3 Å². The summed E-state index contributed by atoms with van der Waals surface area (Å²) in [7, 11) is 0. The van der Waals surface area contributed by atoms with Gasteiger partial charge in [-0.2, -0.15) is 5.10 Å². The Morgan fingerprint density at radius 3 is 2.73 bits per heavy atom. The van der Waals surface area contributed by atoms with E-state index < -0.39 is 0 Å². The minimum absolute atomic E-state index is 0.0842. The van der Waals surface area contributed by atoms with Gasteiger partial charge in [-0.25, -0.2) is 0 Å². The molecule has 0 aliphatic carbocycles. The van der Waals surface area contributed by atoms with Crippen molar-refractivity contribution in [1.82, 2.24) is 0 Å². The normalized spacial score (nSPS) is 10.6. The van der Waals surface area contributed by atoms with Gasteiger partial charge in [0.1, 0.15) is 0 Å². The molecule has 0 aliphatic rings. The minimum atomic E-state index is -0.0842. The quantitative estimate of drug-likeness (QED) is 0.262. The highest BCUT2D eigenvalue weighted by Gasteiger charge is 2.03. The molecule has 80 valence electrons. The summed E-state index contributed by atoms with van der Waals surface area (Å²) in [5, 5.41) is 7.83. The van der Waals surface area contributed by atoms with Gasteiger partial charge in [-0.15, -0.1) is 5.10 Å². The molecule has 0 saturated heterocycles. The second-order valence-corrected chi connectivity index (χ2v) is 4.95. The molecule has 0 unspecified atom stereocenters. The van der Waals surface area contributed by atoms with Crippen LogP contribution in [-0.2, 0) is 0 Å². The van der Waals surface area contributed by atoms with Gasteiger partial charge in [0.15, 0.2) is 0 Å². The van der Waals surface area contributed by atoms with E-state index in [2.05, 4.69) is 48.7 Å². The number of guanidine groups is 1. The van der Waals surface area contributed by atoms with E-state index in [9.17, 15) is 0 Å². The van der Waals surface area contributed by atoms with Crippen LogP contribution in [0, 0.1) is 3.57 Å². The monoisotopic (exact) mass is 400 g/mol. The topological polar surface area (TPSA) is 76.8 Å². The highest BCUT2D eigenvalue weighted by molar-refractivity contribution is 14.1. The molecule has 0 amide bonds. The van der Waals surface area contributed by atoms with Gasteiger partial charge in [-0.3, -0.25) is 0 Å². The van der Waals surface area contributed by atoms with E-state index in [1.165, 1.54) is 6.21 Å². The molecule has 7 heteroatoms. The van der Waals surface area contributed by atoms with Crippen molar-refractivity contribution in [1.29, 1.82) is 0 Å². The van der Waals surface area contributed by atoms with Gasteiger partial charge in [0, 0.05) is 18.6 Å². The van der Waals surface area contributed by atoms with Gasteiger partial charge in [0.2, 0.25) is 5.96 Å². The maximum absolute atomic E-state index is 5.89. The largest absolute Gasteiger partial charge is 0.369 e. The molecular weight excluding hydrogens is 394 g/mol. The summed E-state index contributed by atoms with van der Waals surface area (Å²) >= 11 is 11.5. The van der Waals surface area contributed by atoms with Gasteiger partial charge >= 0.3 is 0 Å². The molecule has 1 rings (SSSR count). The Balaban J connectivity index is 3.05. The number of hydrogen-bond donors (Lipinski definition) is 2. The average molecular weight is 401 g/mol. The van der Waals surface area contributed by atoms with Gasteiger partial charge in [0.25, 0.3) is 0 Å². The van der Waals surface area contributed by atoms with Crippen LogP contribution in [-0.4, -0.2) is 12.2 Å². The van der Waals surface area contributed by atoms with Crippen LogP contribution in [0.1, 0.15) is 5.56 Å². The summed E-state index contributed by atoms with van der Waals surface area (Å²) in [6, 6.07) is 3.60. The number of nitrogens with two attached hydrogens (primary N) is 2. The second kappa shape index (κ2) is 5.66. The summed E-state index contributed by atoms with van der Waals surface area (Å²) in [6.07, 6.45) is 1.53. The molecule has 4 N–H and O–H groups in total. The van der Waals surface area contributed by atoms with Gasteiger partial charge in [-0.1, -0.05) is 11.6 Å². The Morgan fingerprint density at radius 1 is 1.47 bits per heavy atom. The first kappa shape index (κ1) is 12.7. The molecule has 0 fully saturated rings. The SMILES string of the molecule is NC(N)=NN=Cc1cc(Cl)cc(I)c1Br. The maximum atomic E-state index is 5.89. The van der Waals surface area contributed by atoms with E-state index in [0.29, 0.717) is 5.02 Å². The van der Waals surface area contributed by atoms with E-state index in [1.807, 2.05) is 6.07 Å². The molecular formula is C8H7BrClIN4. The lowest BCUT2D eigenvalue weighted by molar-refractivity contribution is 1.21. The van der Waals surface area contributed by atoms with Crippen LogP contribution in [0.4, 0.5) is 0 Å². The number of rotatable bonds is 2. The predicted octanol–water partition coefficient (Wildman–Crippen LogP) is 2.31. The summed E-state index contributed by atoms with van der Waals surface area (Å²) < 4.78 is 1.90. The van der Waals surface area contributed by atoms with E-state index in [-0.39, 0.29) is 5.96 Å². The standard InChI is InChI=1S/C8H7BrClIN4/c9-7-4(3-14-15-8(12)13)1-5(10)2-6(7)11/h1-3H,(H4,12,13,15). The first-order valence-electron chi connectivity index (χ1n) is 3.77. The lowest BCUT2D eigenvalue weighted by Gasteiger charge is -2.01. The van der Waals surface area contributed by atoms with Crippen molar-refractivity contribution in [3.63, 3.8) is 0 Å². The lowest BCUT2D eigenvalue weighted by Crippen LogP contribution is -2.21. The first-order chi connectivity index (χ1) is 7.00. The molecule has 15 heavy (non-hydrogen) atoms. The molecule has 0 aromatic heterocycles. The van der Waals surface area contributed by atoms with Crippen molar-refractivity contribution in [3.05, 3.63) is 30.8 Å². The molecule has 1 aromatic rings. The fourth-order valence-electron chi connectivity index (χ4n) is 0.828. The smallest absolute Gasteiger partial charge is 0.211 e. The van der Waals surface area contributed by atoms with Crippen LogP contribution in [0.5, 0.6) is 0 Å². The summed E-state index contributed by atoms with van der Waals surface area (Å²) in [4.78, 5) is 0. The Kier molecular flexibility index (Phi) is 4.81. The molecule has 0 saturated carbocycles.